The summed E-state index contributed by atoms with van der Waals surface area (Å²) in [5.41, 5.74) is 3.42. The summed E-state index contributed by atoms with van der Waals surface area (Å²) in [5.74, 6) is 2.82. The normalized spacial score (nSPS) is 14.0. The van der Waals surface area contributed by atoms with Crippen LogP contribution in [0.3, 0.4) is 0 Å². The van der Waals surface area contributed by atoms with Crippen molar-refractivity contribution in [1.29, 1.82) is 0 Å². The van der Waals surface area contributed by atoms with E-state index in [1.54, 1.807) is 12.0 Å². The lowest BCUT2D eigenvalue weighted by Crippen LogP contribution is -2.49. The second-order valence-corrected chi connectivity index (χ2v) is 19.6. The lowest BCUT2D eigenvalue weighted by molar-refractivity contribution is -0.127. The minimum atomic E-state index is -4.50. The molecular formula is C41H48F3N9O4S. The molecule has 1 aliphatic heterocycles. The van der Waals surface area contributed by atoms with Crippen molar-refractivity contribution in [2.24, 2.45) is 0 Å². The Balaban J connectivity index is 1.24. The van der Waals surface area contributed by atoms with Gasteiger partial charge in [0.15, 0.2) is 5.65 Å². The number of hydrogen-bond donors (Lipinski definition) is 0. The second kappa shape index (κ2) is 17.5. The number of ether oxygens (including phenoxy) is 3. The number of piperazine rings is 1. The van der Waals surface area contributed by atoms with Gasteiger partial charge in [-0.1, -0.05) is 54.6 Å². The van der Waals surface area contributed by atoms with Gasteiger partial charge in [0, 0.05) is 44.0 Å². The first-order valence-electron chi connectivity index (χ1n) is 18.9. The summed E-state index contributed by atoms with van der Waals surface area (Å²) in [5, 5.41) is 4.44. The van der Waals surface area contributed by atoms with E-state index in [-0.39, 0.29) is 43.0 Å². The maximum Gasteiger partial charge on any atom is 0.410 e. The number of carbonyl (C=O) groups is 1. The molecule has 3 aromatic heterocycles. The minimum absolute atomic E-state index is 0.0447. The average Bonchev–Trinajstić information content (AvgIpc) is 3.77. The third-order valence-electron chi connectivity index (χ3n) is 9.77. The minimum Gasteiger partial charge on any atom is -0.497 e. The molecule has 7 rings (SSSR count). The third kappa shape index (κ3) is 10.1. The van der Waals surface area contributed by atoms with Gasteiger partial charge in [0.25, 0.3) is 0 Å². The fourth-order valence-electron chi connectivity index (χ4n) is 6.66. The molecule has 0 spiro atoms. The number of rotatable bonds is 15. The van der Waals surface area contributed by atoms with Gasteiger partial charge < -0.3 is 33.5 Å². The number of anilines is 2. The number of carbonyl (C=O) groups excluding carboxylic acids is 1. The van der Waals surface area contributed by atoms with Gasteiger partial charge >= 0.3 is 12.3 Å². The topological polar surface area (TPSA) is 115 Å². The number of hydrogen-bond acceptors (Lipinski definition) is 10. The molecule has 1 fully saturated rings. The van der Waals surface area contributed by atoms with Gasteiger partial charge in [0.2, 0.25) is 11.9 Å². The molecule has 308 valence electrons. The zero-order valence-corrected chi connectivity index (χ0v) is 33.9. The van der Waals surface area contributed by atoms with E-state index < -0.39 is 28.7 Å². The highest BCUT2D eigenvalue weighted by Crippen LogP contribution is 2.34. The summed E-state index contributed by atoms with van der Waals surface area (Å²) in [4.78, 5) is 33.2. The van der Waals surface area contributed by atoms with Crippen LogP contribution in [-0.2, 0) is 42.3 Å². The van der Waals surface area contributed by atoms with E-state index in [0.29, 0.717) is 50.9 Å². The maximum atomic E-state index is 13.9. The van der Waals surface area contributed by atoms with Crippen LogP contribution in [0.4, 0.5) is 29.9 Å². The van der Waals surface area contributed by atoms with Crippen molar-refractivity contribution in [3.05, 3.63) is 108 Å². The SMILES string of the molecule is COc1ccc(CN(Cc2nc3ccccc3n2COCCS(C)(C)C)c2nc(N3CCN(C(=O)OCc4ccccc4)CC3)nc3c(CC(F)(F)F)cnn23)cc1. The molecule has 1 amide bonds. The lowest BCUT2D eigenvalue weighted by atomic mass is 10.2. The first kappa shape index (κ1) is 40.6. The predicted octanol–water partition coefficient (Wildman–Crippen LogP) is 6.92. The second-order valence-electron chi connectivity index (χ2n) is 15.0. The molecule has 0 unspecified atom stereocenters. The molecule has 0 saturated carbocycles. The number of fused-ring (bicyclic) bond motifs is 2. The predicted molar refractivity (Wildman–Crippen MR) is 220 cm³/mol. The van der Waals surface area contributed by atoms with Gasteiger partial charge in [-0.25, -0.2) is 19.8 Å². The Labute approximate surface area is 336 Å². The molecule has 0 atom stereocenters. The van der Waals surface area contributed by atoms with Crippen LogP contribution in [0, 0.1) is 0 Å². The van der Waals surface area contributed by atoms with Crippen LogP contribution in [0.1, 0.15) is 22.5 Å². The quantitative estimate of drug-likeness (QED) is 0.101. The molecule has 17 heteroatoms. The molecule has 3 aromatic carbocycles. The lowest BCUT2D eigenvalue weighted by Gasteiger charge is -2.34. The van der Waals surface area contributed by atoms with Crippen molar-refractivity contribution < 1.29 is 32.2 Å². The largest absolute Gasteiger partial charge is 0.497 e. The zero-order chi connectivity index (χ0) is 40.9. The van der Waals surface area contributed by atoms with Crippen LogP contribution in [0.5, 0.6) is 5.75 Å². The summed E-state index contributed by atoms with van der Waals surface area (Å²) < 4.78 is 62.4. The molecular weight excluding hydrogens is 772 g/mol. The summed E-state index contributed by atoms with van der Waals surface area (Å²) in [7, 11) is 0.829. The van der Waals surface area contributed by atoms with Crippen LogP contribution in [0.15, 0.2) is 85.1 Å². The highest BCUT2D eigenvalue weighted by Gasteiger charge is 2.32. The fourth-order valence-corrected chi connectivity index (χ4v) is 7.28. The average molecular weight is 820 g/mol. The number of nitrogens with zero attached hydrogens (tertiary/aromatic N) is 9. The molecule has 0 bridgehead atoms. The molecule has 0 N–H and O–H groups in total. The molecule has 13 nitrogen and oxygen atoms in total. The van der Waals surface area contributed by atoms with E-state index in [4.69, 9.17) is 24.2 Å². The highest BCUT2D eigenvalue weighted by molar-refractivity contribution is 8.32. The standard InChI is InChI=1S/C41H48F3N9O4S/c1-55-33-16-14-30(15-17-33)26-51(27-36-46-34-12-8-9-13-35(34)52(36)29-56-22-23-58(2,3)4)39-48-38(47-37-32(24-41(42,43)44)25-45-53(37)39)49-18-20-50(21-19-49)40(54)57-28-31-10-6-5-7-11-31/h5-17,25H,18-24,26-29H2,1-4H3. The van der Waals surface area contributed by atoms with Gasteiger partial charge in [-0.15, -0.1) is 0 Å². The smallest absolute Gasteiger partial charge is 0.410 e. The third-order valence-corrected chi connectivity index (χ3v) is 11.2. The number of methoxy groups -OCH3 is 1. The van der Waals surface area contributed by atoms with E-state index in [1.165, 1.54) is 10.7 Å². The van der Waals surface area contributed by atoms with Crippen molar-refractivity contribution in [1.82, 2.24) is 34.0 Å². The first-order chi connectivity index (χ1) is 27.8. The summed E-state index contributed by atoms with van der Waals surface area (Å²) >= 11 is 0. The number of aromatic nitrogens is 6. The Morgan fingerprint density at radius 3 is 2.29 bits per heavy atom. The molecule has 58 heavy (non-hydrogen) atoms. The van der Waals surface area contributed by atoms with Gasteiger partial charge in [-0.3, -0.25) is 0 Å². The maximum absolute atomic E-state index is 13.9. The molecule has 1 saturated heterocycles. The summed E-state index contributed by atoms with van der Waals surface area (Å²) in [6.07, 6.45) is 1.80. The van der Waals surface area contributed by atoms with Crippen molar-refractivity contribution in [2.75, 3.05) is 74.2 Å². The summed E-state index contributed by atoms with van der Waals surface area (Å²) in [6.45, 7) is 2.78. The molecule has 0 aliphatic carbocycles. The van der Waals surface area contributed by atoms with Crippen LogP contribution >= 0.6 is 10.0 Å². The number of halogens is 3. The van der Waals surface area contributed by atoms with E-state index in [1.807, 2.05) is 93.2 Å². The van der Waals surface area contributed by atoms with E-state index >= 15 is 0 Å². The number of imidazole rings is 1. The number of benzene rings is 3. The number of para-hydroxylation sites is 2. The molecule has 4 heterocycles. The summed E-state index contributed by atoms with van der Waals surface area (Å²) in [6, 6.07) is 24.8. The van der Waals surface area contributed by atoms with Crippen molar-refractivity contribution in [3.8, 4) is 5.75 Å². The van der Waals surface area contributed by atoms with Crippen LogP contribution in [0.25, 0.3) is 16.7 Å². The fraction of sp³-hybridized carbons (Fsp3) is 0.390. The Hall–Kier alpha value is -5.55. The van der Waals surface area contributed by atoms with Gasteiger partial charge in [0.1, 0.15) is 24.9 Å². The van der Waals surface area contributed by atoms with Crippen LogP contribution < -0.4 is 14.5 Å². The molecule has 0 radical (unpaired) electrons. The van der Waals surface area contributed by atoms with E-state index in [9.17, 15) is 18.0 Å². The van der Waals surface area contributed by atoms with Crippen LogP contribution in [-0.4, -0.2) is 111 Å². The van der Waals surface area contributed by atoms with Crippen molar-refractivity contribution in [2.45, 2.75) is 39.0 Å². The Kier molecular flexibility index (Phi) is 12.3. The molecule has 6 aromatic rings. The van der Waals surface area contributed by atoms with E-state index in [0.717, 1.165) is 27.9 Å². The number of alkyl halides is 3. The highest BCUT2D eigenvalue weighted by atomic mass is 32.3. The van der Waals surface area contributed by atoms with Gasteiger partial charge in [-0.05, 0) is 54.2 Å². The monoisotopic (exact) mass is 819 g/mol. The van der Waals surface area contributed by atoms with Gasteiger partial charge in [-0.2, -0.15) is 32.8 Å². The van der Waals surface area contributed by atoms with Crippen molar-refractivity contribution >= 4 is 44.7 Å². The Morgan fingerprint density at radius 2 is 1.59 bits per heavy atom. The Bertz CT molecular complexity index is 2310. The van der Waals surface area contributed by atoms with Crippen molar-refractivity contribution in [3.63, 3.8) is 0 Å². The Morgan fingerprint density at radius 1 is 0.862 bits per heavy atom. The first-order valence-corrected chi connectivity index (χ1v) is 21.9. The van der Waals surface area contributed by atoms with Gasteiger partial charge in [0.05, 0.1) is 43.9 Å². The van der Waals surface area contributed by atoms with Crippen LogP contribution in [0.2, 0.25) is 0 Å². The van der Waals surface area contributed by atoms with E-state index in [2.05, 4.69) is 28.8 Å². The number of amides is 1. The molecule has 1 aliphatic rings. The zero-order valence-electron chi connectivity index (χ0n) is 33.1.